The number of H-pyrrole nitrogens is 2. The molecule has 0 unspecified atom stereocenters. The van der Waals surface area contributed by atoms with Crippen molar-refractivity contribution in [1.82, 2.24) is 9.97 Å². The highest BCUT2D eigenvalue weighted by atomic mass is 19.2. The second-order valence-electron chi connectivity index (χ2n) is 5.92. The lowest BCUT2D eigenvalue weighted by atomic mass is 10.1. The van der Waals surface area contributed by atoms with Gasteiger partial charge in [0.1, 0.15) is 11.2 Å². The number of ketones is 1. The Morgan fingerprint density at radius 3 is 2.30 bits per heavy atom. The van der Waals surface area contributed by atoms with Crippen molar-refractivity contribution in [3.05, 3.63) is 50.9 Å². The van der Waals surface area contributed by atoms with Crippen LogP contribution in [0.3, 0.4) is 0 Å². The molecule has 158 valence electrons. The third kappa shape index (κ3) is 3.24. The molecule has 0 fully saturated rings. The number of nitrogens with two attached hydrogens (primary N) is 1. The predicted molar refractivity (Wildman–Crippen MR) is 95.2 cm³/mol. The Morgan fingerprint density at radius 1 is 1.07 bits per heavy atom. The number of aromatic amines is 2. The number of aromatic nitrogens is 2. The maximum atomic E-state index is 14.5. The van der Waals surface area contributed by atoms with Gasteiger partial charge >= 0.3 is 11.7 Å². The highest BCUT2D eigenvalue weighted by Gasteiger charge is 2.30. The van der Waals surface area contributed by atoms with Crippen molar-refractivity contribution in [3.8, 4) is 5.75 Å². The molecule has 0 spiro atoms. The number of nitrogen functional groups attached to an aromatic ring is 1. The number of carbonyl (C=O) groups excluding carboxylic acids is 2. The topological polar surface area (TPSA) is 139 Å². The number of rotatable bonds is 5. The van der Waals surface area contributed by atoms with Crippen molar-refractivity contribution in [2.24, 2.45) is 0 Å². The summed E-state index contributed by atoms with van der Waals surface area (Å²) in [6.07, 6.45) is 0. The standard InChI is InChI=1S/C17H12F4N4O5/c1-4(26)7-13(25-29-2)11(22)9(20)10(21)15(7)30-16(27)5-3-6(18)8(19)14-12(5)23-17(28)24-14/h3,25H,22H2,1-2H3,(H2,23,24,28). The van der Waals surface area contributed by atoms with Gasteiger partial charge in [-0.15, -0.1) is 0 Å². The Bertz CT molecular complexity index is 1270. The molecule has 5 N–H and O–H groups in total. The molecule has 0 aliphatic heterocycles. The van der Waals surface area contributed by atoms with Crippen LogP contribution < -0.4 is 21.6 Å². The van der Waals surface area contributed by atoms with E-state index in [0.29, 0.717) is 6.07 Å². The molecule has 1 aromatic heterocycles. The van der Waals surface area contributed by atoms with Crippen LogP contribution >= 0.6 is 0 Å². The Hall–Kier alpha value is -3.87. The van der Waals surface area contributed by atoms with Crippen LogP contribution in [-0.2, 0) is 4.84 Å². The van der Waals surface area contributed by atoms with Gasteiger partial charge in [0.05, 0.1) is 29.4 Å². The molecular weight excluding hydrogens is 416 g/mol. The highest BCUT2D eigenvalue weighted by molar-refractivity contribution is 6.07. The van der Waals surface area contributed by atoms with E-state index < -0.39 is 80.0 Å². The van der Waals surface area contributed by atoms with Crippen molar-refractivity contribution in [3.63, 3.8) is 0 Å². The van der Waals surface area contributed by atoms with Gasteiger partial charge in [0.2, 0.25) is 5.82 Å². The van der Waals surface area contributed by atoms with Gasteiger partial charge in [-0.05, 0) is 13.0 Å². The summed E-state index contributed by atoms with van der Waals surface area (Å²) in [4.78, 5) is 44.6. The molecule has 0 saturated heterocycles. The third-order valence-electron chi connectivity index (χ3n) is 4.04. The monoisotopic (exact) mass is 428 g/mol. The third-order valence-corrected chi connectivity index (χ3v) is 4.04. The molecular formula is C17H12F4N4O5. The van der Waals surface area contributed by atoms with Crippen LogP contribution in [0.2, 0.25) is 0 Å². The fourth-order valence-electron chi connectivity index (χ4n) is 2.77. The first-order valence-corrected chi connectivity index (χ1v) is 8.00. The maximum Gasteiger partial charge on any atom is 0.345 e. The minimum absolute atomic E-state index is 0.386. The lowest BCUT2D eigenvalue weighted by Gasteiger charge is -2.17. The van der Waals surface area contributed by atoms with Gasteiger partial charge in [0.15, 0.2) is 29.0 Å². The number of hydrogen-bond acceptors (Lipinski definition) is 7. The van der Waals surface area contributed by atoms with Crippen molar-refractivity contribution >= 4 is 34.2 Å². The van der Waals surface area contributed by atoms with E-state index in [-0.39, 0.29) is 0 Å². The van der Waals surface area contributed by atoms with Crippen molar-refractivity contribution < 1.29 is 36.7 Å². The van der Waals surface area contributed by atoms with E-state index in [2.05, 4.69) is 15.3 Å². The van der Waals surface area contributed by atoms with Crippen LogP contribution in [0.5, 0.6) is 5.75 Å². The maximum absolute atomic E-state index is 14.5. The lowest BCUT2D eigenvalue weighted by molar-refractivity contribution is 0.0725. The van der Waals surface area contributed by atoms with Gasteiger partial charge in [0.25, 0.3) is 0 Å². The number of ether oxygens (including phenoxy) is 1. The summed E-state index contributed by atoms with van der Waals surface area (Å²) in [5.41, 5.74) is 2.66. The molecule has 1 heterocycles. The number of carbonyl (C=O) groups is 2. The summed E-state index contributed by atoms with van der Waals surface area (Å²) in [6.45, 7) is 0.948. The van der Waals surface area contributed by atoms with Gasteiger partial charge in [0, 0.05) is 0 Å². The number of fused-ring (bicyclic) bond motifs is 1. The largest absolute Gasteiger partial charge is 0.419 e. The second-order valence-corrected chi connectivity index (χ2v) is 5.92. The first-order chi connectivity index (χ1) is 14.1. The predicted octanol–water partition coefficient (Wildman–Crippen LogP) is 2.39. The average Bonchev–Trinajstić information content (AvgIpc) is 3.08. The summed E-state index contributed by atoms with van der Waals surface area (Å²) < 4.78 is 61.2. The van der Waals surface area contributed by atoms with Crippen molar-refractivity contribution in [2.45, 2.75) is 6.92 Å². The zero-order valence-corrected chi connectivity index (χ0v) is 15.2. The van der Waals surface area contributed by atoms with Crippen molar-refractivity contribution in [1.29, 1.82) is 0 Å². The molecule has 0 radical (unpaired) electrons. The molecule has 0 atom stereocenters. The minimum atomic E-state index is -1.78. The number of anilines is 2. The Kier molecular flexibility index (Phi) is 5.22. The molecule has 2 aromatic carbocycles. The summed E-state index contributed by atoms with van der Waals surface area (Å²) >= 11 is 0. The summed E-state index contributed by atoms with van der Waals surface area (Å²) in [5, 5.41) is 0. The summed E-state index contributed by atoms with van der Waals surface area (Å²) in [6, 6.07) is 0.386. The van der Waals surface area contributed by atoms with Gasteiger partial charge in [-0.25, -0.2) is 22.8 Å². The van der Waals surface area contributed by atoms with E-state index in [1.54, 1.807) is 0 Å². The fourth-order valence-corrected chi connectivity index (χ4v) is 2.77. The zero-order chi connectivity index (χ0) is 22.3. The molecule has 0 aliphatic carbocycles. The zero-order valence-electron chi connectivity index (χ0n) is 15.2. The van der Waals surface area contributed by atoms with Gasteiger partial charge in [-0.2, -0.15) is 4.39 Å². The van der Waals surface area contributed by atoms with Gasteiger partial charge in [-0.3, -0.25) is 15.1 Å². The normalized spacial score (nSPS) is 11.0. The van der Waals surface area contributed by atoms with Crippen LogP contribution in [0.1, 0.15) is 27.6 Å². The summed E-state index contributed by atoms with van der Waals surface area (Å²) in [5.74, 6) is -10.0. The van der Waals surface area contributed by atoms with Crippen LogP contribution in [0.4, 0.5) is 28.9 Å². The Labute approximate surface area is 163 Å². The van der Waals surface area contributed by atoms with E-state index in [1.807, 2.05) is 4.98 Å². The first kappa shape index (κ1) is 20.9. The molecule has 3 rings (SSSR count). The van der Waals surface area contributed by atoms with Gasteiger partial charge < -0.3 is 20.4 Å². The van der Waals surface area contributed by atoms with Gasteiger partial charge in [-0.1, -0.05) is 0 Å². The molecule has 0 amide bonds. The number of halogens is 4. The molecule has 3 aromatic rings. The Balaban J connectivity index is 2.21. The molecule has 0 saturated carbocycles. The fraction of sp³-hybridized carbons (Fsp3) is 0.118. The van der Waals surface area contributed by atoms with E-state index in [0.717, 1.165) is 14.0 Å². The van der Waals surface area contributed by atoms with E-state index in [4.69, 9.17) is 10.5 Å². The van der Waals surface area contributed by atoms with E-state index in [9.17, 15) is 31.9 Å². The number of esters is 1. The molecule has 30 heavy (non-hydrogen) atoms. The van der Waals surface area contributed by atoms with E-state index >= 15 is 0 Å². The van der Waals surface area contributed by atoms with E-state index in [1.165, 1.54) is 0 Å². The molecule has 9 nitrogen and oxygen atoms in total. The smallest absolute Gasteiger partial charge is 0.345 e. The van der Waals surface area contributed by atoms with Crippen LogP contribution in [-0.4, -0.2) is 28.8 Å². The quantitative estimate of drug-likeness (QED) is 0.122. The number of imidazole rings is 1. The number of hydrogen-bond donors (Lipinski definition) is 4. The van der Waals surface area contributed by atoms with Crippen molar-refractivity contribution in [2.75, 3.05) is 18.3 Å². The number of Topliss-reactive ketones (excluding diaryl/α,β-unsaturated/α-hetero) is 1. The Morgan fingerprint density at radius 2 is 1.70 bits per heavy atom. The molecule has 13 heteroatoms. The molecule has 0 aliphatic rings. The lowest BCUT2D eigenvalue weighted by Crippen LogP contribution is -2.17. The summed E-state index contributed by atoms with van der Waals surface area (Å²) in [7, 11) is 1.09. The second kappa shape index (κ2) is 7.51. The molecule has 0 bridgehead atoms. The SMILES string of the molecule is CONc1c(N)c(F)c(F)c(OC(=O)c2cc(F)c(F)c3[nH]c(=O)[nH]c23)c1C(C)=O. The average molecular weight is 428 g/mol. The van der Waals surface area contributed by atoms with Crippen LogP contribution in [0, 0.1) is 23.3 Å². The highest BCUT2D eigenvalue weighted by Crippen LogP contribution is 2.38. The van der Waals surface area contributed by atoms with Crippen LogP contribution in [0.15, 0.2) is 10.9 Å². The number of benzene rings is 2. The minimum Gasteiger partial charge on any atom is -0.419 e. The number of nitrogens with one attached hydrogen (secondary N) is 3. The van der Waals surface area contributed by atoms with Crippen LogP contribution in [0.25, 0.3) is 11.0 Å². The first-order valence-electron chi connectivity index (χ1n) is 8.00.